The van der Waals surface area contributed by atoms with Crippen molar-refractivity contribution in [2.75, 3.05) is 26.9 Å². The summed E-state index contributed by atoms with van der Waals surface area (Å²) in [6.45, 7) is 11.1. The lowest BCUT2D eigenvalue weighted by Crippen LogP contribution is -2.31. The summed E-state index contributed by atoms with van der Waals surface area (Å²) in [4.78, 5) is 28.0. The molecular weight excluding hydrogens is 458 g/mol. The Kier molecular flexibility index (Phi) is 9.15. The third kappa shape index (κ3) is 5.90. The molecule has 3 rings (SSSR count). The van der Waals surface area contributed by atoms with Crippen LogP contribution in [-0.2, 0) is 14.3 Å². The third-order valence-electron chi connectivity index (χ3n) is 6.04. The zero-order valence-corrected chi connectivity index (χ0v) is 22.0. The molecule has 1 saturated heterocycles. The molecule has 0 aliphatic carbocycles. The average molecular weight is 496 g/mol. The molecule has 0 radical (unpaired) electrons. The van der Waals surface area contributed by atoms with E-state index in [4.69, 9.17) is 14.2 Å². The van der Waals surface area contributed by atoms with Gasteiger partial charge in [0.25, 0.3) is 11.7 Å². The second kappa shape index (κ2) is 12.1. The van der Waals surface area contributed by atoms with Crippen LogP contribution in [0.3, 0.4) is 0 Å². The summed E-state index contributed by atoms with van der Waals surface area (Å²) in [7, 11) is 1.59. The van der Waals surface area contributed by atoms with Crippen molar-refractivity contribution in [3.8, 4) is 11.5 Å². The molecule has 7 heteroatoms. The van der Waals surface area contributed by atoms with Gasteiger partial charge in [-0.25, -0.2) is 0 Å². The number of amides is 1. The fourth-order valence-corrected chi connectivity index (χ4v) is 4.46. The summed E-state index contributed by atoms with van der Waals surface area (Å²) < 4.78 is 16.8. The van der Waals surface area contributed by atoms with E-state index < -0.39 is 17.7 Å². The van der Waals surface area contributed by atoms with Crippen molar-refractivity contribution in [1.29, 1.82) is 0 Å². The van der Waals surface area contributed by atoms with Crippen LogP contribution in [0.1, 0.15) is 69.7 Å². The molecule has 2 aromatic carbocycles. The second-order valence-electron chi connectivity index (χ2n) is 9.42. The van der Waals surface area contributed by atoms with E-state index in [2.05, 4.69) is 0 Å². The summed E-state index contributed by atoms with van der Waals surface area (Å²) in [6, 6.07) is 11.9. The maximum Gasteiger partial charge on any atom is 0.295 e. The van der Waals surface area contributed by atoms with Gasteiger partial charge >= 0.3 is 0 Å². The summed E-state index contributed by atoms with van der Waals surface area (Å²) in [5.41, 5.74) is 2.15. The number of hydrogen-bond donors (Lipinski definition) is 1. The Morgan fingerprint density at radius 2 is 1.83 bits per heavy atom. The zero-order chi connectivity index (χ0) is 26.4. The largest absolute Gasteiger partial charge is 0.507 e. The molecule has 1 heterocycles. The number of rotatable bonds is 11. The molecular formula is C29H37NO6. The Labute approximate surface area is 213 Å². The first-order chi connectivity index (χ1) is 17.2. The van der Waals surface area contributed by atoms with Gasteiger partial charge in [0, 0.05) is 25.8 Å². The molecule has 1 aliphatic rings. The molecule has 1 N–H and O–H groups in total. The van der Waals surface area contributed by atoms with Crippen molar-refractivity contribution >= 4 is 17.4 Å². The van der Waals surface area contributed by atoms with Gasteiger partial charge in [-0.1, -0.05) is 26.0 Å². The average Bonchev–Trinajstić information content (AvgIpc) is 3.09. The number of likely N-dealkylation sites (tertiary alicyclic amines) is 1. The Hall–Kier alpha value is -3.32. The molecule has 0 bridgehead atoms. The van der Waals surface area contributed by atoms with E-state index in [-0.39, 0.29) is 23.4 Å². The molecule has 1 amide bonds. The van der Waals surface area contributed by atoms with E-state index in [1.54, 1.807) is 19.2 Å². The van der Waals surface area contributed by atoms with Crippen molar-refractivity contribution in [1.82, 2.24) is 4.90 Å². The van der Waals surface area contributed by atoms with Crippen molar-refractivity contribution in [2.24, 2.45) is 0 Å². The Balaban J connectivity index is 2.16. The number of ketones is 1. The monoisotopic (exact) mass is 495 g/mol. The number of carbonyl (C=O) groups excluding carboxylic acids is 2. The van der Waals surface area contributed by atoms with Gasteiger partial charge in [0.05, 0.1) is 24.3 Å². The molecule has 1 fully saturated rings. The molecule has 0 saturated carbocycles. The first-order valence-corrected chi connectivity index (χ1v) is 12.5. The highest BCUT2D eigenvalue weighted by Crippen LogP contribution is 2.41. The molecule has 36 heavy (non-hydrogen) atoms. The number of Topliss-reactive ketones (excluding diaryl/α,β-unsaturated/α-hetero) is 1. The number of ether oxygens (including phenoxy) is 3. The molecule has 0 spiro atoms. The van der Waals surface area contributed by atoms with Crippen LogP contribution < -0.4 is 9.47 Å². The predicted octanol–water partition coefficient (Wildman–Crippen LogP) is 5.45. The van der Waals surface area contributed by atoms with Gasteiger partial charge < -0.3 is 24.2 Å². The van der Waals surface area contributed by atoms with Crippen LogP contribution >= 0.6 is 0 Å². The normalized spacial score (nSPS) is 17.3. The molecule has 1 unspecified atom stereocenters. The predicted molar refractivity (Wildman–Crippen MR) is 139 cm³/mol. The van der Waals surface area contributed by atoms with Gasteiger partial charge in [0.1, 0.15) is 17.3 Å². The minimum atomic E-state index is -0.744. The lowest BCUT2D eigenvalue weighted by atomic mass is 9.93. The van der Waals surface area contributed by atoms with Crippen LogP contribution in [0.2, 0.25) is 0 Å². The van der Waals surface area contributed by atoms with Crippen LogP contribution in [0.25, 0.3) is 5.76 Å². The van der Waals surface area contributed by atoms with E-state index in [1.165, 1.54) is 4.90 Å². The van der Waals surface area contributed by atoms with Gasteiger partial charge in [-0.15, -0.1) is 0 Å². The fraction of sp³-hybridized carbons (Fsp3) is 0.448. The number of methoxy groups -OCH3 is 1. The lowest BCUT2D eigenvalue weighted by molar-refractivity contribution is -0.140. The summed E-state index contributed by atoms with van der Waals surface area (Å²) in [6.07, 6.45) is 0.523. The van der Waals surface area contributed by atoms with Crippen molar-refractivity contribution in [3.05, 3.63) is 64.7 Å². The number of benzene rings is 2. The molecule has 7 nitrogen and oxygen atoms in total. The van der Waals surface area contributed by atoms with Crippen LogP contribution in [0.5, 0.6) is 11.5 Å². The van der Waals surface area contributed by atoms with E-state index in [1.807, 2.05) is 65.0 Å². The number of hydrogen-bond acceptors (Lipinski definition) is 6. The Morgan fingerprint density at radius 3 is 2.47 bits per heavy atom. The minimum Gasteiger partial charge on any atom is -0.507 e. The van der Waals surface area contributed by atoms with Crippen molar-refractivity contribution < 1.29 is 28.9 Å². The molecule has 194 valence electrons. The van der Waals surface area contributed by atoms with Crippen molar-refractivity contribution in [2.45, 2.75) is 59.1 Å². The number of carbonyl (C=O) groups is 2. The minimum absolute atomic E-state index is 0.0355. The molecule has 0 aromatic heterocycles. The fourth-order valence-electron chi connectivity index (χ4n) is 4.46. The van der Waals surface area contributed by atoms with Crippen LogP contribution in [-0.4, -0.2) is 54.7 Å². The Morgan fingerprint density at radius 1 is 1.08 bits per heavy atom. The first kappa shape index (κ1) is 27.3. The number of nitrogens with zero attached hydrogens (tertiary/aromatic N) is 1. The van der Waals surface area contributed by atoms with E-state index in [0.29, 0.717) is 43.1 Å². The highest BCUT2D eigenvalue weighted by Gasteiger charge is 2.46. The number of aliphatic hydroxyl groups excluding tert-OH is 1. The lowest BCUT2D eigenvalue weighted by Gasteiger charge is -2.26. The maximum atomic E-state index is 13.3. The van der Waals surface area contributed by atoms with Gasteiger partial charge in [-0.2, -0.15) is 0 Å². The van der Waals surface area contributed by atoms with Gasteiger partial charge in [-0.3, -0.25) is 9.59 Å². The van der Waals surface area contributed by atoms with Crippen LogP contribution in [0.15, 0.2) is 48.0 Å². The van der Waals surface area contributed by atoms with E-state index >= 15 is 0 Å². The second-order valence-corrected chi connectivity index (χ2v) is 9.42. The van der Waals surface area contributed by atoms with Crippen molar-refractivity contribution in [3.63, 3.8) is 0 Å². The number of aliphatic hydroxyl groups is 1. The van der Waals surface area contributed by atoms with Crippen LogP contribution in [0.4, 0.5) is 0 Å². The van der Waals surface area contributed by atoms with E-state index in [0.717, 1.165) is 11.3 Å². The van der Waals surface area contributed by atoms with E-state index in [9.17, 15) is 14.7 Å². The summed E-state index contributed by atoms with van der Waals surface area (Å²) >= 11 is 0. The standard InChI is InChI=1S/C29H37NO6/c1-7-35-24-13-12-21(17-23(24)18(2)3)27(31)25-26(20-10-8-11-22(16-20)36-19(4)5)30(14-9-15-34-6)29(33)28(25)32/h8,10-13,16-19,26,31H,7,9,14-15H2,1-6H3/b27-25+. The smallest absolute Gasteiger partial charge is 0.295 e. The quantitative estimate of drug-likeness (QED) is 0.193. The van der Waals surface area contributed by atoms with Gasteiger partial charge in [0.15, 0.2) is 0 Å². The molecule has 1 atom stereocenters. The summed E-state index contributed by atoms with van der Waals surface area (Å²) in [5, 5.41) is 11.5. The molecule has 1 aliphatic heterocycles. The summed E-state index contributed by atoms with van der Waals surface area (Å²) in [5.74, 6) is -0.0376. The maximum absolute atomic E-state index is 13.3. The van der Waals surface area contributed by atoms with Gasteiger partial charge in [-0.05, 0) is 74.6 Å². The first-order valence-electron chi connectivity index (χ1n) is 12.5. The topological polar surface area (TPSA) is 85.3 Å². The SMILES string of the molecule is CCOc1ccc(/C(O)=C2\C(=O)C(=O)N(CCCOC)C2c2cccc(OC(C)C)c2)cc1C(C)C. The Bertz CT molecular complexity index is 1120. The zero-order valence-electron chi connectivity index (χ0n) is 22.0. The van der Waals surface area contributed by atoms with Gasteiger partial charge in [0.2, 0.25) is 0 Å². The highest BCUT2D eigenvalue weighted by molar-refractivity contribution is 6.46. The van der Waals surface area contributed by atoms with Crippen LogP contribution in [0, 0.1) is 0 Å². The third-order valence-corrected chi connectivity index (χ3v) is 6.04. The molecule has 2 aromatic rings. The highest BCUT2D eigenvalue weighted by atomic mass is 16.5.